The molecule has 0 spiro atoms. The molecule has 1 aliphatic rings. The first-order valence-corrected chi connectivity index (χ1v) is 11.6. The lowest BCUT2D eigenvalue weighted by Gasteiger charge is -2.25. The Bertz CT molecular complexity index is 1050. The third kappa shape index (κ3) is 5.33. The Labute approximate surface area is 199 Å². The van der Waals surface area contributed by atoms with Gasteiger partial charge in [-0.05, 0) is 63.1 Å². The van der Waals surface area contributed by atoms with Gasteiger partial charge < -0.3 is 19.5 Å². The van der Waals surface area contributed by atoms with Gasteiger partial charge in [-0.3, -0.25) is 9.59 Å². The molecule has 176 valence electrons. The molecule has 2 aromatic rings. The number of ether oxygens (including phenoxy) is 2. The maximum atomic E-state index is 13.1. The van der Waals surface area contributed by atoms with E-state index in [4.69, 9.17) is 21.1 Å². The Balaban J connectivity index is 2.11. The van der Waals surface area contributed by atoms with Gasteiger partial charge in [-0.25, -0.2) is 0 Å². The molecule has 1 atom stereocenters. The van der Waals surface area contributed by atoms with Crippen molar-refractivity contribution in [2.45, 2.75) is 52.7 Å². The van der Waals surface area contributed by atoms with E-state index in [1.54, 1.807) is 18.2 Å². The first-order chi connectivity index (χ1) is 15.8. The number of hydrogen-bond acceptors (Lipinski definition) is 5. The highest BCUT2D eigenvalue weighted by molar-refractivity contribution is 6.46. The topological polar surface area (TPSA) is 76.1 Å². The van der Waals surface area contributed by atoms with Crippen molar-refractivity contribution in [2.24, 2.45) is 0 Å². The highest BCUT2D eigenvalue weighted by atomic mass is 35.5. The van der Waals surface area contributed by atoms with Gasteiger partial charge in [0.2, 0.25) is 0 Å². The van der Waals surface area contributed by atoms with Gasteiger partial charge >= 0.3 is 0 Å². The number of unbranched alkanes of at least 4 members (excludes halogenated alkanes) is 1. The number of aliphatic hydroxyl groups is 1. The van der Waals surface area contributed by atoms with Crippen LogP contribution < -0.4 is 9.47 Å². The summed E-state index contributed by atoms with van der Waals surface area (Å²) in [7, 11) is 0. The Morgan fingerprint density at radius 2 is 1.82 bits per heavy atom. The quantitative estimate of drug-likeness (QED) is 0.286. The highest BCUT2D eigenvalue weighted by Crippen LogP contribution is 2.41. The SMILES string of the molecule is CCCCN1C(=O)C(=O)/C(=C(\O)c2ccc(Cl)c(OCC)c2)C1c1ccc(OC(C)C)cc1. The molecule has 0 radical (unpaired) electrons. The van der Waals surface area contributed by atoms with Crippen LogP contribution in [0.1, 0.15) is 57.7 Å². The predicted octanol–water partition coefficient (Wildman–Crippen LogP) is 5.75. The Kier molecular flexibility index (Phi) is 8.03. The number of Topliss-reactive ketones (excluding diaryl/α,β-unsaturated/α-hetero) is 1. The normalized spacial score (nSPS) is 17.6. The van der Waals surface area contributed by atoms with Gasteiger partial charge in [0.1, 0.15) is 17.3 Å². The van der Waals surface area contributed by atoms with E-state index in [9.17, 15) is 14.7 Å². The fourth-order valence-corrected chi connectivity index (χ4v) is 4.03. The number of carbonyl (C=O) groups is 2. The Morgan fingerprint density at radius 1 is 1.12 bits per heavy atom. The van der Waals surface area contributed by atoms with Gasteiger partial charge in [-0.2, -0.15) is 0 Å². The second-order valence-corrected chi connectivity index (χ2v) is 8.57. The third-order valence-corrected chi connectivity index (χ3v) is 5.68. The monoisotopic (exact) mass is 471 g/mol. The van der Waals surface area contributed by atoms with E-state index in [1.807, 2.05) is 52.0 Å². The predicted molar refractivity (Wildman–Crippen MR) is 129 cm³/mol. The first-order valence-electron chi connectivity index (χ1n) is 11.3. The van der Waals surface area contributed by atoms with Crippen LogP contribution >= 0.6 is 11.6 Å². The van der Waals surface area contributed by atoms with Crippen LogP contribution in [0.15, 0.2) is 48.0 Å². The van der Waals surface area contributed by atoms with E-state index in [0.29, 0.717) is 35.2 Å². The van der Waals surface area contributed by atoms with E-state index in [1.165, 1.54) is 4.90 Å². The maximum Gasteiger partial charge on any atom is 0.295 e. The molecule has 1 aliphatic heterocycles. The van der Waals surface area contributed by atoms with Crippen LogP contribution in [-0.4, -0.2) is 41.0 Å². The summed E-state index contributed by atoms with van der Waals surface area (Å²) >= 11 is 6.18. The second kappa shape index (κ2) is 10.8. The summed E-state index contributed by atoms with van der Waals surface area (Å²) < 4.78 is 11.2. The molecular formula is C26H30ClNO5. The van der Waals surface area contributed by atoms with Gasteiger partial charge in [0, 0.05) is 12.1 Å². The van der Waals surface area contributed by atoms with Crippen molar-refractivity contribution in [2.75, 3.05) is 13.2 Å². The number of rotatable bonds is 9. The van der Waals surface area contributed by atoms with Crippen molar-refractivity contribution in [1.82, 2.24) is 4.90 Å². The maximum absolute atomic E-state index is 13.1. The molecule has 1 amide bonds. The van der Waals surface area contributed by atoms with Crippen LogP contribution in [0.25, 0.3) is 5.76 Å². The molecule has 3 rings (SSSR count). The molecule has 0 saturated carbocycles. The van der Waals surface area contributed by atoms with E-state index in [2.05, 4.69) is 0 Å². The Morgan fingerprint density at radius 3 is 2.42 bits per heavy atom. The summed E-state index contributed by atoms with van der Waals surface area (Å²) in [6, 6.07) is 11.4. The van der Waals surface area contributed by atoms with E-state index < -0.39 is 17.7 Å². The molecule has 1 heterocycles. The number of nitrogens with zero attached hydrogens (tertiary/aromatic N) is 1. The van der Waals surface area contributed by atoms with Crippen LogP contribution in [-0.2, 0) is 9.59 Å². The molecule has 1 unspecified atom stereocenters. The molecule has 0 aliphatic carbocycles. The average molecular weight is 472 g/mol. The zero-order chi connectivity index (χ0) is 24.1. The molecule has 33 heavy (non-hydrogen) atoms. The third-order valence-electron chi connectivity index (χ3n) is 5.36. The van der Waals surface area contributed by atoms with Gasteiger partial charge in [0.15, 0.2) is 0 Å². The van der Waals surface area contributed by atoms with Crippen molar-refractivity contribution in [3.05, 3.63) is 64.2 Å². The number of likely N-dealkylation sites (tertiary alicyclic amines) is 1. The zero-order valence-electron chi connectivity index (χ0n) is 19.4. The van der Waals surface area contributed by atoms with Crippen molar-refractivity contribution >= 4 is 29.1 Å². The summed E-state index contributed by atoms with van der Waals surface area (Å²) in [5.74, 6) is -0.480. The summed E-state index contributed by atoms with van der Waals surface area (Å²) in [4.78, 5) is 27.6. The number of amides is 1. The number of benzene rings is 2. The zero-order valence-corrected chi connectivity index (χ0v) is 20.2. The van der Waals surface area contributed by atoms with E-state index >= 15 is 0 Å². The molecular weight excluding hydrogens is 442 g/mol. The van der Waals surface area contributed by atoms with Crippen LogP contribution in [0, 0.1) is 0 Å². The lowest BCUT2D eigenvalue weighted by molar-refractivity contribution is -0.139. The van der Waals surface area contributed by atoms with Crippen molar-refractivity contribution in [3.8, 4) is 11.5 Å². The summed E-state index contributed by atoms with van der Waals surface area (Å²) in [6.07, 6.45) is 1.63. The molecule has 6 nitrogen and oxygen atoms in total. The minimum atomic E-state index is -0.705. The van der Waals surface area contributed by atoms with Gasteiger partial charge in [-0.15, -0.1) is 0 Å². The molecule has 1 fully saturated rings. The summed E-state index contributed by atoms with van der Waals surface area (Å²) in [5, 5.41) is 11.6. The molecule has 0 aromatic heterocycles. The fraction of sp³-hybridized carbons (Fsp3) is 0.385. The molecule has 0 bridgehead atoms. The average Bonchev–Trinajstić information content (AvgIpc) is 3.03. The number of halogens is 1. The van der Waals surface area contributed by atoms with Gasteiger partial charge in [-0.1, -0.05) is 37.1 Å². The van der Waals surface area contributed by atoms with Gasteiger partial charge in [0.05, 0.1) is 29.3 Å². The number of hydrogen-bond donors (Lipinski definition) is 1. The standard InChI is InChI=1S/C26H30ClNO5/c1-5-7-14-28-23(17-8-11-19(12-9-17)33-16(3)4)22(25(30)26(28)31)24(29)18-10-13-20(27)21(15-18)32-6-2/h8-13,15-16,23,29H,5-7,14H2,1-4H3/b24-22-. The van der Waals surface area contributed by atoms with Crippen LogP contribution in [0.5, 0.6) is 11.5 Å². The fourth-order valence-electron chi connectivity index (χ4n) is 3.86. The smallest absolute Gasteiger partial charge is 0.295 e. The van der Waals surface area contributed by atoms with Crippen LogP contribution in [0.3, 0.4) is 0 Å². The minimum Gasteiger partial charge on any atom is -0.507 e. The van der Waals surface area contributed by atoms with E-state index in [0.717, 1.165) is 18.4 Å². The molecule has 2 aromatic carbocycles. The van der Waals surface area contributed by atoms with Crippen LogP contribution in [0.2, 0.25) is 5.02 Å². The molecule has 7 heteroatoms. The minimum absolute atomic E-state index is 0.0236. The lowest BCUT2D eigenvalue weighted by atomic mass is 9.95. The lowest BCUT2D eigenvalue weighted by Crippen LogP contribution is -2.30. The Hall–Kier alpha value is -2.99. The summed E-state index contributed by atoms with van der Waals surface area (Å²) in [5.41, 5.74) is 1.14. The number of aliphatic hydroxyl groups excluding tert-OH is 1. The molecule has 1 saturated heterocycles. The summed E-state index contributed by atoms with van der Waals surface area (Å²) in [6.45, 7) is 8.54. The molecule has 1 N–H and O–H groups in total. The highest BCUT2D eigenvalue weighted by Gasteiger charge is 2.45. The second-order valence-electron chi connectivity index (χ2n) is 8.16. The van der Waals surface area contributed by atoms with Crippen LogP contribution in [0.4, 0.5) is 0 Å². The van der Waals surface area contributed by atoms with Gasteiger partial charge in [0.25, 0.3) is 11.7 Å². The van der Waals surface area contributed by atoms with Crippen molar-refractivity contribution in [3.63, 3.8) is 0 Å². The number of ketones is 1. The largest absolute Gasteiger partial charge is 0.507 e. The van der Waals surface area contributed by atoms with Crippen molar-refractivity contribution in [1.29, 1.82) is 0 Å². The van der Waals surface area contributed by atoms with E-state index in [-0.39, 0.29) is 17.4 Å². The first kappa shape index (κ1) is 24.6. The van der Waals surface area contributed by atoms with Crippen molar-refractivity contribution < 1.29 is 24.2 Å². The number of carbonyl (C=O) groups excluding carboxylic acids is 2.